The molecule has 6 heteroatoms. The predicted molar refractivity (Wildman–Crippen MR) is 136 cm³/mol. The third-order valence-corrected chi connectivity index (χ3v) is 5.69. The summed E-state index contributed by atoms with van der Waals surface area (Å²) in [6.45, 7) is 3.16. The zero-order valence-corrected chi connectivity index (χ0v) is 20.2. The molecule has 3 aromatic rings. The number of hydrogen-bond acceptors (Lipinski definition) is 3. The molecule has 1 atom stereocenters. The molecule has 3 rings (SSSR count). The molecule has 0 heterocycles. The third-order valence-electron chi connectivity index (χ3n) is 5.44. The van der Waals surface area contributed by atoms with Crippen LogP contribution >= 0.6 is 11.6 Å². The number of rotatable bonds is 12. The Hall–Kier alpha value is -3.31. The predicted octanol–water partition coefficient (Wildman–Crippen LogP) is 5.28. The molecular weight excluding hydrogens is 448 g/mol. The van der Waals surface area contributed by atoms with E-state index in [-0.39, 0.29) is 18.2 Å². The van der Waals surface area contributed by atoms with E-state index in [4.69, 9.17) is 16.3 Å². The van der Waals surface area contributed by atoms with E-state index >= 15 is 0 Å². The summed E-state index contributed by atoms with van der Waals surface area (Å²) in [4.78, 5) is 28.2. The second-order valence-electron chi connectivity index (χ2n) is 8.01. The topological polar surface area (TPSA) is 58.6 Å². The van der Waals surface area contributed by atoms with E-state index in [0.717, 1.165) is 11.1 Å². The fraction of sp³-hybridized carbons (Fsp3) is 0.286. The lowest BCUT2D eigenvalue weighted by Crippen LogP contribution is -2.50. The van der Waals surface area contributed by atoms with Gasteiger partial charge in [-0.3, -0.25) is 9.59 Å². The van der Waals surface area contributed by atoms with Crippen molar-refractivity contribution in [2.24, 2.45) is 0 Å². The summed E-state index contributed by atoms with van der Waals surface area (Å²) in [6.07, 6.45) is 1.28. The Labute approximate surface area is 206 Å². The second kappa shape index (κ2) is 13.4. The summed E-state index contributed by atoms with van der Waals surface area (Å²) in [5.41, 5.74) is 1.99. The average molecular weight is 479 g/mol. The summed E-state index contributed by atoms with van der Waals surface area (Å²) < 4.78 is 5.74. The standard InChI is InChI=1S/C28H31ClN2O3/c1-2-30-28(33)26(20-22-10-5-3-6-11-22)31(21-23-12-7-4-8-13-23)27(32)14-9-19-34-25-17-15-24(29)16-18-25/h3-8,10-13,15-18,26H,2,9,14,19-21H2,1H3,(H,30,33)/t26-/m1/s1. The fourth-order valence-electron chi connectivity index (χ4n) is 3.71. The van der Waals surface area contributed by atoms with Crippen molar-refractivity contribution in [3.05, 3.63) is 101 Å². The molecule has 0 saturated carbocycles. The molecule has 0 aliphatic rings. The number of nitrogens with one attached hydrogen (secondary N) is 1. The number of hydrogen-bond donors (Lipinski definition) is 1. The van der Waals surface area contributed by atoms with Crippen molar-refractivity contribution in [3.63, 3.8) is 0 Å². The Kier molecular flexibility index (Phi) is 9.98. The summed E-state index contributed by atoms with van der Waals surface area (Å²) in [6, 6.07) is 26.1. The van der Waals surface area contributed by atoms with Crippen molar-refractivity contribution in [2.75, 3.05) is 13.2 Å². The van der Waals surface area contributed by atoms with Gasteiger partial charge in [-0.25, -0.2) is 0 Å². The SMILES string of the molecule is CCNC(=O)[C@@H](Cc1ccccc1)N(Cc1ccccc1)C(=O)CCCOc1ccc(Cl)cc1. The van der Waals surface area contributed by atoms with Crippen LogP contribution in [0.25, 0.3) is 0 Å². The number of benzene rings is 3. The molecular formula is C28H31ClN2O3. The first-order valence-electron chi connectivity index (χ1n) is 11.6. The number of nitrogens with zero attached hydrogens (tertiary/aromatic N) is 1. The van der Waals surface area contributed by atoms with Gasteiger partial charge in [0.05, 0.1) is 6.61 Å². The number of amides is 2. The zero-order valence-electron chi connectivity index (χ0n) is 19.5. The summed E-state index contributed by atoms with van der Waals surface area (Å²) in [7, 11) is 0. The molecule has 0 radical (unpaired) electrons. The van der Waals surface area contributed by atoms with E-state index in [0.29, 0.717) is 43.3 Å². The van der Waals surface area contributed by atoms with Gasteiger partial charge < -0.3 is 15.0 Å². The number of carbonyl (C=O) groups is 2. The molecule has 1 N–H and O–H groups in total. The molecule has 0 saturated heterocycles. The van der Waals surface area contributed by atoms with Crippen molar-refractivity contribution in [1.29, 1.82) is 0 Å². The highest BCUT2D eigenvalue weighted by Crippen LogP contribution is 2.18. The highest BCUT2D eigenvalue weighted by atomic mass is 35.5. The van der Waals surface area contributed by atoms with Crippen molar-refractivity contribution in [2.45, 2.75) is 38.8 Å². The highest BCUT2D eigenvalue weighted by molar-refractivity contribution is 6.30. The van der Waals surface area contributed by atoms with E-state index in [9.17, 15) is 9.59 Å². The lowest BCUT2D eigenvalue weighted by molar-refractivity contribution is -0.141. The van der Waals surface area contributed by atoms with Gasteiger partial charge >= 0.3 is 0 Å². The Morgan fingerprint density at radius 2 is 1.53 bits per heavy atom. The number of likely N-dealkylation sites (N-methyl/N-ethyl adjacent to an activating group) is 1. The summed E-state index contributed by atoms with van der Waals surface area (Å²) in [5.74, 6) is 0.492. The van der Waals surface area contributed by atoms with Crippen LogP contribution in [0.15, 0.2) is 84.9 Å². The first-order chi connectivity index (χ1) is 16.6. The van der Waals surface area contributed by atoms with Crippen LogP contribution in [0.4, 0.5) is 0 Å². The summed E-state index contributed by atoms with van der Waals surface area (Å²) in [5, 5.41) is 3.56. The minimum absolute atomic E-state index is 0.0734. The molecule has 0 fully saturated rings. The molecule has 0 spiro atoms. The van der Waals surface area contributed by atoms with E-state index < -0.39 is 6.04 Å². The zero-order chi connectivity index (χ0) is 24.2. The molecule has 0 unspecified atom stereocenters. The van der Waals surface area contributed by atoms with Crippen LogP contribution in [0.3, 0.4) is 0 Å². The van der Waals surface area contributed by atoms with Crippen molar-refractivity contribution >= 4 is 23.4 Å². The second-order valence-corrected chi connectivity index (χ2v) is 8.45. The van der Waals surface area contributed by atoms with Gasteiger partial charge in [0, 0.05) is 31.0 Å². The van der Waals surface area contributed by atoms with Gasteiger partial charge in [0.1, 0.15) is 11.8 Å². The molecule has 34 heavy (non-hydrogen) atoms. The van der Waals surface area contributed by atoms with Crippen LogP contribution in [0.2, 0.25) is 5.02 Å². The number of carbonyl (C=O) groups excluding carboxylic acids is 2. The molecule has 0 aliphatic heterocycles. The van der Waals surface area contributed by atoms with Crippen LogP contribution in [0, 0.1) is 0 Å². The van der Waals surface area contributed by atoms with Crippen LogP contribution in [0.5, 0.6) is 5.75 Å². The Morgan fingerprint density at radius 3 is 2.15 bits per heavy atom. The first-order valence-corrected chi connectivity index (χ1v) is 12.0. The lowest BCUT2D eigenvalue weighted by atomic mass is 10.0. The van der Waals surface area contributed by atoms with E-state index in [1.807, 2.05) is 67.6 Å². The average Bonchev–Trinajstić information content (AvgIpc) is 2.86. The molecule has 178 valence electrons. The van der Waals surface area contributed by atoms with Crippen LogP contribution in [-0.2, 0) is 22.6 Å². The van der Waals surface area contributed by atoms with Crippen molar-refractivity contribution in [1.82, 2.24) is 10.2 Å². The molecule has 0 aromatic heterocycles. The number of halogens is 1. The fourth-order valence-corrected chi connectivity index (χ4v) is 3.84. The minimum Gasteiger partial charge on any atom is -0.494 e. The highest BCUT2D eigenvalue weighted by Gasteiger charge is 2.29. The maximum atomic E-state index is 13.4. The monoisotopic (exact) mass is 478 g/mol. The van der Waals surface area contributed by atoms with Crippen molar-refractivity contribution in [3.8, 4) is 5.75 Å². The van der Waals surface area contributed by atoms with Gasteiger partial charge in [-0.1, -0.05) is 72.3 Å². The Balaban J connectivity index is 1.73. The van der Waals surface area contributed by atoms with Crippen LogP contribution in [-0.4, -0.2) is 35.9 Å². The van der Waals surface area contributed by atoms with Gasteiger partial charge in [0.15, 0.2) is 0 Å². The van der Waals surface area contributed by atoms with E-state index in [1.165, 1.54) is 0 Å². The van der Waals surface area contributed by atoms with Gasteiger partial charge in [-0.15, -0.1) is 0 Å². The van der Waals surface area contributed by atoms with Gasteiger partial charge in [0.25, 0.3) is 0 Å². The molecule has 5 nitrogen and oxygen atoms in total. The molecule has 3 aromatic carbocycles. The van der Waals surface area contributed by atoms with E-state index in [1.54, 1.807) is 29.2 Å². The quantitative estimate of drug-likeness (QED) is 0.360. The third kappa shape index (κ3) is 7.92. The Morgan fingerprint density at radius 1 is 0.912 bits per heavy atom. The molecule has 0 aliphatic carbocycles. The minimum atomic E-state index is -0.604. The van der Waals surface area contributed by atoms with Gasteiger partial charge in [-0.2, -0.15) is 0 Å². The largest absolute Gasteiger partial charge is 0.494 e. The first kappa shape index (κ1) is 25.3. The van der Waals surface area contributed by atoms with Gasteiger partial charge in [0.2, 0.25) is 11.8 Å². The lowest BCUT2D eigenvalue weighted by Gasteiger charge is -2.31. The van der Waals surface area contributed by atoms with Crippen molar-refractivity contribution < 1.29 is 14.3 Å². The smallest absolute Gasteiger partial charge is 0.243 e. The maximum absolute atomic E-state index is 13.4. The molecule has 2 amide bonds. The van der Waals surface area contributed by atoms with Crippen LogP contribution < -0.4 is 10.1 Å². The van der Waals surface area contributed by atoms with Crippen LogP contribution in [0.1, 0.15) is 30.9 Å². The van der Waals surface area contributed by atoms with Gasteiger partial charge in [-0.05, 0) is 48.7 Å². The normalized spacial score (nSPS) is 11.5. The van der Waals surface area contributed by atoms with E-state index in [2.05, 4.69) is 5.32 Å². The summed E-state index contributed by atoms with van der Waals surface area (Å²) >= 11 is 5.91. The Bertz CT molecular complexity index is 1030. The maximum Gasteiger partial charge on any atom is 0.243 e. The molecule has 0 bridgehead atoms. The number of ether oxygens (including phenoxy) is 1.